The van der Waals surface area contributed by atoms with Gasteiger partial charge < -0.3 is 15.1 Å². The molecule has 0 heterocycles. The third kappa shape index (κ3) is 4.40. The molecule has 0 aliphatic heterocycles. The van der Waals surface area contributed by atoms with Crippen molar-refractivity contribution in [2.24, 2.45) is 0 Å². The zero-order valence-corrected chi connectivity index (χ0v) is 9.09. The van der Waals surface area contributed by atoms with Crippen molar-refractivity contribution in [1.29, 1.82) is 0 Å². The number of aliphatic hydroxyl groups is 2. The summed E-state index contributed by atoms with van der Waals surface area (Å²) in [6, 6.07) is 9.18. The number of aliphatic hydroxyl groups excluding tert-OH is 2. The average Bonchev–Trinajstić information content (AvgIpc) is 2.17. The number of benzene rings is 1. The van der Waals surface area contributed by atoms with E-state index >= 15 is 0 Å². The fourth-order valence-electron chi connectivity index (χ4n) is 1.31. The standard InChI is InChI=1S/C11H18N2O2/c1-13(2)8-10(14)12-11(15)9-6-4-3-5-7-9/h3-7,10-12,14-15H,8H2,1-2H3. The van der Waals surface area contributed by atoms with Crippen LogP contribution < -0.4 is 5.32 Å². The molecule has 0 aliphatic carbocycles. The third-order valence-electron chi connectivity index (χ3n) is 2.00. The highest BCUT2D eigenvalue weighted by atomic mass is 16.3. The summed E-state index contributed by atoms with van der Waals surface area (Å²) >= 11 is 0. The Morgan fingerprint density at radius 1 is 1.20 bits per heavy atom. The molecule has 1 rings (SSSR count). The second kappa shape index (κ2) is 5.82. The van der Waals surface area contributed by atoms with Gasteiger partial charge in [-0.1, -0.05) is 30.3 Å². The van der Waals surface area contributed by atoms with Gasteiger partial charge in [0, 0.05) is 6.54 Å². The van der Waals surface area contributed by atoms with Gasteiger partial charge in [-0.2, -0.15) is 0 Å². The molecule has 1 aromatic rings. The lowest BCUT2D eigenvalue weighted by molar-refractivity contribution is 0.0280. The van der Waals surface area contributed by atoms with Crippen LogP contribution in [-0.4, -0.2) is 42.0 Å². The molecule has 0 amide bonds. The SMILES string of the molecule is CN(C)CC(O)NC(O)c1ccccc1. The molecule has 0 spiro atoms. The van der Waals surface area contributed by atoms with E-state index in [0.29, 0.717) is 6.54 Å². The summed E-state index contributed by atoms with van der Waals surface area (Å²) in [7, 11) is 3.72. The van der Waals surface area contributed by atoms with Crippen molar-refractivity contribution in [3.05, 3.63) is 35.9 Å². The number of nitrogens with one attached hydrogen (secondary N) is 1. The molecule has 0 saturated heterocycles. The van der Waals surface area contributed by atoms with Crippen LogP contribution in [0.5, 0.6) is 0 Å². The van der Waals surface area contributed by atoms with Gasteiger partial charge in [0.15, 0.2) is 0 Å². The van der Waals surface area contributed by atoms with E-state index in [1.165, 1.54) is 0 Å². The fourth-order valence-corrected chi connectivity index (χ4v) is 1.31. The van der Waals surface area contributed by atoms with Crippen LogP contribution in [0, 0.1) is 0 Å². The van der Waals surface area contributed by atoms with Gasteiger partial charge in [-0.05, 0) is 19.7 Å². The smallest absolute Gasteiger partial charge is 0.133 e. The van der Waals surface area contributed by atoms with Crippen LogP contribution in [0.15, 0.2) is 30.3 Å². The molecule has 0 saturated carbocycles. The molecule has 4 heteroatoms. The Hall–Kier alpha value is -0.940. The van der Waals surface area contributed by atoms with Gasteiger partial charge in [-0.25, -0.2) is 0 Å². The van der Waals surface area contributed by atoms with Gasteiger partial charge in [-0.3, -0.25) is 5.32 Å². The van der Waals surface area contributed by atoms with Crippen LogP contribution in [0.25, 0.3) is 0 Å². The van der Waals surface area contributed by atoms with Gasteiger partial charge in [0.05, 0.1) is 0 Å². The predicted molar refractivity (Wildman–Crippen MR) is 59.1 cm³/mol. The minimum absolute atomic E-state index is 0.462. The fraction of sp³-hybridized carbons (Fsp3) is 0.455. The van der Waals surface area contributed by atoms with E-state index < -0.39 is 12.5 Å². The number of hydrogen-bond acceptors (Lipinski definition) is 4. The van der Waals surface area contributed by atoms with Crippen LogP contribution in [0.3, 0.4) is 0 Å². The maximum absolute atomic E-state index is 9.71. The molecule has 3 N–H and O–H groups in total. The van der Waals surface area contributed by atoms with Gasteiger partial charge in [0.25, 0.3) is 0 Å². The number of likely N-dealkylation sites (N-methyl/N-ethyl adjacent to an activating group) is 1. The van der Waals surface area contributed by atoms with E-state index in [1.807, 2.05) is 37.2 Å². The Kier molecular flexibility index (Phi) is 4.71. The average molecular weight is 210 g/mol. The second-order valence-electron chi connectivity index (χ2n) is 3.76. The molecule has 0 aliphatic rings. The summed E-state index contributed by atoms with van der Waals surface area (Å²) in [5, 5.41) is 21.9. The van der Waals surface area contributed by atoms with E-state index in [0.717, 1.165) is 5.56 Å². The van der Waals surface area contributed by atoms with Crippen LogP contribution in [0.4, 0.5) is 0 Å². The van der Waals surface area contributed by atoms with Crippen LogP contribution in [0.1, 0.15) is 11.8 Å². The van der Waals surface area contributed by atoms with Gasteiger partial charge in [-0.15, -0.1) is 0 Å². The first-order valence-corrected chi connectivity index (χ1v) is 4.91. The monoisotopic (exact) mass is 210 g/mol. The number of rotatable bonds is 5. The summed E-state index contributed by atoms with van der Waals surface area (Å²) in [5.74, 6) is 0. The summed E-state index contributed by atoms with van der Waals surface area (Å²) < 4.78 is 0. The van der Waals surface area contributed by atoms with Gasteiger partial charge in [0.1, 0.15) is 12.5 Å². The molecular weight excluding hydrogens is 192 g/mol. The molecule has 0 bridgehead atoms. The van der Waals surface area contributed by atoms with Crippen LogP contribution in [-0.2, 0) is 0 Å². The largest absolute Gasteiger partial charge is 0.377 e. The molecule has 1 aromatic carbocycles. The minimum atomic E-state index is -0.832. The highest BCUT2D eigenvalue weighted by molar-refractivity contribution is 5.16. The minimum Gasteiger partial charge on any atom is -0.377 e. The molecule has 0 aromatic heterocycles. The van der Waals surface area contributed by atoms with Crippen molar-refractivity contribution >= 4 is 0 Å². The number of hydrogen-bond donors (Lipinski definition) is 3. The summed E-state index contributed by atoms with van der Waals surface area (Å²) in [6.45, 7) is 0.462. The van der Waals surface area contributed by atoms with Crippen molar-refractivity contribution in [3.63, 3.8) is 0 Å². The number of nitrogens with zero attached hydrogens (tertiary/aromatic N) is 1. The molecule has 2 unspecified atom stereocenters. The van der Waals surface area contributed by atoms with E-state index in [2.05, 4.69) is 5.32 Å². The molecule has 2 atom stereocenters. The molecule has 4 nitrogen and oxygen atoms in total. The summed E-state index contributed by atoms with van der Waals surface area (Å²) in [5.41, 5.74) is 0.746. The van der Waals surface area contributed by atoms with Gasteiger partial charge in [0.2, 0.25) is 0 Å². The first kappa shape index (κ1) is 12.1. The molecular formula is C11H18N2O2. The first-order valence-electron chi connectivity index (χ1n) is 4.91. The van der Waals surface area contributed by atoms with Crippen molar-refractivity contribution in [1.82, 2.24) is 10.2 Å². The first-order chi connectivity index (χ1) is 7.09. The van der Waals surface area contributed by atoms with Crippen molar-refractivity contribution in [2.75, 3.05) is 20.6 Å². The highest BCUT2D eigenvalue weighted by Crippen LogP contribution is 2.08. The Balaban J connectivity index is 2.45. The third-order valence-corrected chi connectivity index (χ3v) is 2.00. The lowest BCUT2D eigenvalue weighted by Gasteiger charge is -2.21. The molecule has 0 radical (unpaired) electrons. The summed E-state index contributed by atoms with van der Waals surface area (Å²) in [6.07, 6.45) is -1.57. The van der Waals surface area contributed by atoms with Crippen molar-refractivity contribution in [2.45, 2.75) is 12.5 Å². The Labute approximate surface area is 90.2 Å². The quantitative estimate of drug-likeness (QED) is 0.605. The molecule has 15 heavy (non-hydrogen) atoms. The lowest BCUT2D eigenvalue weighted by Crippen LogP contribution is -2.40. The second-order valence-corrected chi connectivity index (χ2v) is 3.76. The van der Waals surface area contributed by atoms with E-state index in [4.69, 9.17) is 0 Å². The molecule has 0 fully saturated rings. The Morgan fingerprint density at radius 2 is 1.80 bits per heavy atom. The van der Waals surface area contributed by atoms with Crippen molar-refractivity contribution in [3.8, 4) is 0 Å². The maximum atomic E-state index is 9.71. The van der Waals surface area contributed by atoms with Crippen LogP contribution >= 0.6 is 0 Å². The van der Waals surface area contributed by atoms with Gasteiger partial charge >= 0.3 is 0 Å². The van der Waals surface area contributed by atoms with E-state index in [-0.39, 0.29) is 0 Å². The van der Waals surface area contributed by atoms with E-state index in [9.17, 15) is 10.2 Å². The zero-order chi connectivity index (χ0) is 11.3. The molecule has 84 valence electrons. The predicted octanol–water partition coefficient (Wildman–Crippen LogP) is 0.147. The topological polar surface area (TPSA) is 55.7 Å². The Morgan fingerprint density at radius 3 is 2.33 bits per heavy atom. The summed E-state index contributed by atoms with van der Waals surface area (Å²) in [4.78, 5) is 1.84. The maximum Gasteiger partial charge on any atom is 0.133 e. The lowest BCUT2D eigenvalue weighted by atomic mass is 10.2. The highest BCUT2D eigenvalue weighted by Gasteiger charge is 2.11. The van der Waals surface area contributed by atoms with E-state index in [1.54, 1.807) is 12.1 Å². The zero-order valence-electron chi connectivity index (χ0n) is 9.09. The normalized spacial score (nSPS) is 15.3. The van der Waals surface area contributed by atoms with Crippen molar-refractivity contribution < 1.29 is 10.2 Å². The Bertz CT molecular complexity index is 277. The van der Waals surface area contributed by atoms with Crippen LogP contribution in [0.2, 0.25) is 0 Å².